The van der Waals surface area contributed by atoms with E-state index < -0.39 is 0 Å². The second-order valence-electron chi connectivity index (χ2n) is 5.22. The molecule has 0 saturated carbocycles. The lowest BCUT2D eigenvalue weighted by Crippen LogP contribution is -2.12. The van der Waals surface area contributed by atoms with Gasteiger partial charge in [0.25, 0.3) is 0 Å². The molecule has 1 N–H and O–H groups in total. The van der Waals surface area contributed by atoms with Crippen molar-refractivity contribution in [2.24, 2.45) is 0 Å². The standard InChI is InChI=1S/C18H22FNO/c1-4-20-11-15-9-13(2)18(14(3)10-15)21-12-16-7-5-6-8-17(16)19/h5-10,20H,4,11-12H2,1-3H3. The number of ether oxygens (including phenoxy) is 1. The highest BCUT2D eigenvalue weighted by Gasteiger charge is 2.08. The summed E-state index contributed by atoms with van der Waals surface area (Å²) in [6.07, 6.45) is 0. The third kappa shape index (κ3) is 4.05. The van der Waals surface area contributed by atoms with Crippen molar-refractivity contribution in [2.75, 3.05) is 6.54 Å². The molecule has 0 spiro atoms. The lowest BCUT2D eigenvalue weighted by atomic mass is 10.1. The minimum absolute atomic E-state index is 0.225. The molecule has 0 aliphatic carbocycles. The van der Waals surface area contributed by atoms with Gasteiger partial charge in [-0.25, -0.2) is 4.39 Å². The van der Waals surface area contributed by atoms with Gasteiger partial charge in [0.05, 0.1) is 0 Å². The van der Waals surface area contributed by atoms with E-state index in [4.69, 9.17) is 4.74 Å². The zero-order valence-corrected chi connectivity index (χ0v) is 12.9. The van der Waals surface area contributed by atoms with Crippen LogP contribution in [0.15, 0.2) is 36.4 Å². The lowest BCUT2D eigenvalue weighted by Gasteiger charge is -2.14. The molecule has 2 aromatic carbocycles. The van der Waals surface area contributed by atoms with Crippen LogP contribution in [0.2, 0.25) is 0 Å². The third-order valence-corrected chi connectivity index (χ3v) is 3.43. The van der Waals surface area contributed by atoms with E-state index in [0.717, 1.165) is 30.0 Å². The Morgan fingerprint density at radius 1 is 1.10 bits per heavy atom. The van der Waals surface area contributed by atoms with Gasteiger partial charge in [-0.2, -0.15) is 0 Å². The number of halogens is 1. The Morgan fingerprint density at radius 2 is 1.76 bits per heavy atom. The Hall–Kier alpha value is -1.87. The maximum atomic E-state index is 13.6. The maximum Gasteiger partial charge on any atom is 0.129 e. The normalized spacial score (nSPS) is 10.7. The Bertz CT molecular complexity index is 587. The highest BCUT2D eigenvalue weighted by atomic mass is 19.1. The maximum absolute atomic E-state index is 13.6. The Kier molecular flexibility index (Phi) is 5.34. The first-order chi connectivity index (χ1) is 10.1. The number of hydrogen-bond acceptors (Lipinski definition) is 2. The number of aryl methyl sites for hydroxylation is 2. The molecule has 0 aromatic heterocycles. The van der Waals surface area contributed by atoms with Gasteiger partial charge in [-0.05, 0) is 43.1 Å². The fraction of sp³-hybridized carbons (Fsp3) is 0.333. The topological polar surface area (TPSA) is 21.3 Å². The van der Waals surface area contributed by atoms with E-state index in [1.807, 2.05) is 19.9 Å². The van der Waals surface area contributed by atoms with Crippen LogP contribution in [-0.4, -0.2) is 6.54 Å². The van der Waals surface area contributed by atoms with Crippen LogP contribution in [0.4, 0.5) is 4.39 Å². The number of benzene rings is 2. The van der Waals surface area contributed by atoms with E-state index >= 15 is 0 Å². The highest BCUT2D eigenvalue weighted by molar-refractivity contribution is 5.43. The molecule has 0 fully saturated rings. The summed E-state index contributed by atoms with van der Waals surface area (Å²) < 4.78 is 19.4. The minimum Gasteiger partial charge on any atom is -0.488 e. The van der Waals surface area contributed by atoms with Crippen LogP contribution in [0.3, 0.4) is 0 Å². The Labute approximate surface area is 126 Å². The summed E-state index contributed by atoms with van der Waals surface area (Å²) in [6, 6.07) is 10.9. The molecule has 0 aliphatic heterocycles. The Balaban J connectivity index is 2.12. The van der Waals surface area contributed by atoms with Crippen molar-refractivity contribution in [1.82, 2.24) is 5.32 Å². The van der Waals surface area contributed by atoms with Crippen molar-refractivity contribution in [3.63, 3.8) is 0 Å². The number of rotatable bonds is 6. The van der Waals surface area contributed by atoms with Crippen molar-refractivity contribution < 1.29 is 9.13 Å². The molecule has 0 aliphatic rings. The van der Waals surface area contributed by atoms with E-state index in [0.29, 0.717) is 5.56 Å². The molecular formula is C18H22FNO. The van der Waals surface area contributed by atoms with Gasteiger partial charge in [-0.1, -0.05) is 37.3 Å². The van der Waals surface area contributed by atoms with Crippen molar-refractivity contribution in [3.8, 4) is 5.75 Å². The fourth-order valence-electron chi connectivity index (χ4n) is 2.40. The van der Waals surface area contributed by atoms with Gasteiger partial charge in [0.1, 0.15) is 18.2 Å². The molecule has 0 radical (unpaired) electrons. The van der Waals surface area contributed by atoms with Gasteiger partial charge in [0.15, 0.2) is 0 Å². The number of nitrogens with one attached hydrogen (secondary N) is 1. The highest BCUT2D eigenvalue weighted by Crippen LogP contribution is 2.26. The average molecular weight is 287 g/mol. The summed E-state index contributed by atoms with van der Waals surface area (Å²) in [6.45, 7) is 8.19. The van der Waals surface area contributed by atoms with Crippen molar-refractivity contribution in [3.05, 3.63) is 64.5 Å². The van der Waals surface area contributed by atoms with Crippen LogP contribution in [-0.2, 0) is 13.2 Å². The van der Waals surface area contributed by atoms with E-state index in [-0.39, 0.29) is 12.4 Å². The van der Waals surface area contributed by atoms with Gasteiger partial charge in [0, 0.05) is 12.1 Å². The molecule has 0 atom stereocenters. The van der Waals surface area contributed by atoms with Gasteiger partial charge in [-0.3, -0.25) is 0 Å². The molecule has 0 bridgehead atoms. The molecular weight excluding hydrogens is 265 g/mol. The molecule has 0 heterocycles. The molecule has 21 heavy (non-hydrogen) atoms. The molecule has 112 valence electrons. The van der Waals surface area contributed by atoms with Crippen molar-refractivity contribution in [2.45, 2.75) is 33.9 Å². The predicted molar refractivity (Wildman–Crippen MR) is 84.0 cm³/mol. The molecule has 2 aromatic rings. The summed E-state index contributed by atoms with van der Waals surface area (Å²) in [4.78, 5) is 0. The van der Waals surface area contributed by atoms with Gasteiger partial charge in [0.2, 0.25) is 0 Å². The predicted octanol–water partition coefficient (Wildman–Crippen LogP) is 4.13. The monoisotopic (exact) mass is 287 g/mol. The van der Waals surface area contributed by atoms with E-state index in [2.05, 4.69) is 24.4 Å². The molecule has 0 amide bonds. The molecule has 3 heteroatoms. The molecule has 0 unspecified atom stereocenters. The average Bonchev–Trinajstić information content (AvgIpc) is 2.46. The van der Waals surface area contributed by atoms with Crippen LogP contribution in [0, 0.1) is 19.7 Å². The summed E-state index contributed by atoms with van der Waals surface area (Å²) >= 11 is 0. The fourth-order valence-corrected chi connectivity index (χ4v) is 2.40. The smallest absolute Gasteiger partial charge is 0.129 e. The van der Waals surface area contributed by atoms with Crippen LogP contribution in [0.5, 0.6) is 5.75 Å². The molecule has 2 rings (SSSR count). The van der Waals surface area contributed by atoms with Gasteiger partial charge in [-0.15, -0.1) is 0 Å². The van der Waals surface area contributed by atoms with Gasteiger partial charge >= 0.3 is 0 Å². The summed E-state index contributed by atoms with van der Waals surface area (Å²) in [7, 11) is 0. The first kappa shape index (κ1) is 15.5. The lowest BCUT2D eigenvalue weighted by molar-refractivity contribution is 0.295. The quantitative estimate of drug-likeness (QED) is 0.862. The van der Waals surface area contributed by atoms with Crippen molar-refractivity contribution in [1.29, 1.82) is 0 Å². The first-order valence-corrected chi connectivity index (χ1v) is 7.29. The van der Waals surface area contributed by atoms with E-state index in [9.17, 15) is 4.39 Å². The largest absolute Gasteiger partial charge is 0.488 e. The van der Waals surface area contributed by atoms with Crippen LogP contribution >= 0.6 is 0 Å². The number of hydrogen-bond donors (Lipinski definition) is 1. The minimum atomic E-state index is -0.225. The summed E-state index contributed by atoms with van der Waals surface area (Å²) in [5.41, 5.74) is 3.98. The van der Waals surface area contributed by atoms with Crippen molar-refractivity contribution >= 4 is 0 Å². The van der Waals surface area contributed by atoms with Crippen LogP contribution in [0.25, 0.3) is 0 Å². The molecule has 0 saturated heterocycles. The third-order valence-electron chi connectivity index (χ3n) is 3.43. The summed E-state index contributed by atoms with van der Waals surface area (Å²) in [5.74, 6) is 0.620. The SMILES string of the molecule is CCNCc1cc(C)c(OCc2ccccc2F)c(C)c1. The van der Waals surface area contributed by atoms with Crippen LogP contribution < -0.4 is 10.1 Å². The van der Waals surface area contributed by atoms with Gasteiger partial charge < -0.3 is 10.1 Å². The zero-order chi connectivity index (χ0) is 15.2. The Morgan fingerprint density at radius 3 is 2.38 bits per heavy atom. The van der Waals surface area contributed by atoms with Crippen LogP contribution in [0.1, 0.15) is 29.2 Å². The second kappa shape index (κ2) is 7.23. The second-order valence-corrected chi connectivity index (χ2v) is 5.22. The summed E-state index contributed by atoms with van der Waals surface area (Å²) in [5, 5.41) is 3.31. The zero-order valence-electron chi connectivity index (χ0n) is 12.9. The first-order valence-electron chi connectivity index (χ1n) is 7.29. The van der Waals surface area contributed by atoms with E-state index in [1.54, 1.807) is 12.1 Å². The molecule has 2 nitrogen and oxygen atoms in total. The van der Waals surface area contributed by atoms with E-state index in [1.165, 1.54) is 11.6 Å².